The maximum atomic E-state index is 12.5. The van der Waals surface area contributed by atoms with Gasteiger partial charge in [0, 0.05) is 18.3 Å². The SMILES string of the molecule is Cc1cc(C(=O)NC(CCO)C(C)(C)C)nn1-c1ccccc1. The maximum absolute atomic E-state index is 12.5. The van der Waals surface area contributed by atoms with Crippen LogP contribution in [0.1, 0.15) is 43.4 Å². The molecule has 23 heavy (non-hydrogen) atoms. The number of benzene rings is 1. The highest BCUT2D eigenvalue weighted by atomic mass is 16.3. The van der Waals surface area contributed by atoms with E-state index in [4.69, 9.17) is 0 Å². The number of carbonyl (C=O) groups is 1. The maximum Gasteiger partial charge on any atom is 0.272 e. The largest absolute Gasteiger partial charge is 0.396 e. The van der Waals surface area contributed by atoms with Crippen LogP contribution in [0.25, 0.3) is 5.69 Å². The summed E-state index contributed by atoms with van der Waals surface area (Å²) in [6, 6.07) is 11.4. The van der Waals surface area contributed by atoms with Crippen LogP contribution in [0.15, 0.2) is 36.4 Å². The fourth-order valence-corrected chi connectivity index (χ4v) is 2.50. The van der Waals surface area contributed by atoms with E-state index in [-0.39, 0.29) is 24.0 Å². The van der Waals surface area contributed by atoms with Crippen LogP contribution in [-0.4, -0.2) is 33.4 Å². The second-order valence-corrected chi connectivity index (χ2v) is 6.82. The molecule has 0 saturated heterocycles. The average molecular weight is 315 g/mol. The van der Waals surface area contributed by atoms with Crippen LogP contribution in [0.2, 0.25) is 0 Å². The fourth-order valence-electron chi connectivity index (χ4n) is 2.50. The molecule has 1 amide bonds. The van der Waals surface area contributed by atoms with Crippen molar-refractivity contribution >= 4 is 5.91 Å². The Morgan fingerprint density at radius 2 is 1.96 bits per heavy atom. The molecule has 0 fully saturated rings. The molecule has 0 spiro atoms. The summed E-state index contributed by atoms with van der Waals surface area (Å²) >= 11 is 0. The van der Waals surface area contributed by atoms with Gasteiger partial charge in [0.2, 0.25) is 0 Å². The number of hydrogen-bond donors (Lipinski definition) is 2. The van der Waals surface area contributed by atoms with Crippen molar-refractivity contribution < 1.29 is 9.90 Å². The van der Waals surface area contributed by atoms with Crippen LogP contribution in [0, 0.1) is 12.3 Å². The second-order valence-electron chi connectivity index (χ2n) is 6.82. The van der Waals surface area contributed by atoms with Gasteiger partial charge in [0.1, 0.15) is 0 Å². The number of nitrogens with one attached hydrogen (secondary N) is 1. The Kier molecular flexibility index (Phi) is 5.21. The molecule has 1 aromatic heterocycles. The summed E-state index contributed by atoms with van der Waals surface area (Å²) in [5.41, 5.74) is 2.08. The van der Waals surface area contributed by atoms with Gasteiger partial charge < -0.3 is 10.4 Å². The van der Waals surface area contributed by atoms with Crippen LogP contribution >= 0.6 is 0 Å². The van der Waals surface area contributed by atoms with Crippen molar-refractivity contribution in [1.29, 1.82) is 0 Å². The average Bonchev–Trinajstić information content (AvgIpc) is 2.89. The standard InChI is InChI=1S/C18H25N3O2/c1-13-12-15(20-21(13)14-8-6-5-7-9-14)17(23)19-16(10-11-22)18(2,3)4/h5-9,12,16,22H,10-11H2,1-4H3,(H,19,23). The smallest absolute Gasteiger partial charge is 0.272 e. The lowest BCUT2D eigenvalue weighted by atomic mass is 9.85. The van der Waals surface area contributed by atoms with Gasteiger partial charge in [-0.3, -0.25) is 4.79 Å². The topological polar surface area (TPSA) is 67.2 Å². The van der Waals surface area contributed by atoms with Crippen molar-refractivity contribution in [2.24, 2.45) is 5.41 Å². The summed E-state index contributed by atoms with van der Waals surface area (Å²) in [6.45, 7) is 8.09. The Morgan fingerprint density at radius 3 is 2.52 bits per heavy atom. The Labute approximate surface area is 137 Å². The monoisotopic (exact) mass is 315 g/mol. The van der Waals surface area contributed by atoms with Crippen LogP contribution < -0.4 is 5.32 Å². The molecule has 1 aromatic carbocycles. The van der Waals surface area contributed by atoms with E-state index in [1.165, 1.54) is 0 Å². The quantitative estimate of drug-likeness (QED) is 0.891. The number of amides is 1. The molecule has 5 heteroatoms. The number of rotatable bonds is 5. The van der Waals surface area contributed by atoms with E-state index < -0.39 is 0 Å². The van der Waals surface area contributed by atoms with Crippen LogP contribution in [0.3, 0.4) is 0 Å². The van der Waals surface area contributed by atoms with E-state index in [2.05, 4.69) is 10.4 Å². The summed E-state index contributed by atoms with van der Waals surface area (Å²) in [4.78, 5) is 12.5. The van der Waals surface area contributed by atoms with E-state index in [1.807, 2.05) is 58.0 Å². The van der Waals surface area contributed by atoms with Crippen molar-refractivity contribution in [2.45, 2.75) is 40.2 Å². The molecule has 1 unspecified atom stereocenters. The Bertz CT molecular complexity index is 657. The minimum atomic E-state index is -0.212. The van der Waals surface area contributed by atoms with Crippen molar-refractivity contribution in [1.82, 2.24) is 15.1 Å². The zero-order valence-electron chi connectivity index (χ0n) is 14.2. The van der Waals surface area contributed by atoms with Gasteiger partial charge in [0.15, 0.2) is 5.69 Å². The third kappa shape index (κ3) is 4.20. The number of aliphatic hydroxyl groups is 1. The van der Waals surface area contributed by atoms with Crippen molar-refractivity contribution in [3.63, 3.8) is 0 Å². The van der Waals surface area contributed by atoms with Gasteiger partial charge in [-0.25, -0.2) is 4.68 Å². The van der Waals surface area contributed by atoms with Gasteiger partial charge in [-0.15, -0.1) is 0 Å². The normalized spacial score (nSPS) is 12.9. The number of aromatic nitrogens is 2. The molecule has 2 rings (SSSR count). The first-order chi connectivity index (χ1) is 10.8. The lowest BCUT2D eigenvalue weighted by molar-refractivity contribution is 0.0879. The van der Waals surface area contributed by atoms with Crippen molar-refractivity contribution in [3.8, 4) is 5.69 Å². The third-order valence-electron chi connectivity index (χ3n) is 3.89. The first kappa shape index (κ1) is 17.2. The molecule has 0 saturated carbocycles. The highest BCUT2D eigenvalue weighted by Crippen LogP contribution is 2.22. The molecule has 2 aromatic rings. The molecule has 0 aliphatic carbocycles. The predicted octanol–water partition coefficient (Wildman–Crippen LogP) is 2.71. The summed E-state index contributed by atoms with van der Waals surface area (Å²) in [5.74, 6) is -0.212. The molecule has 1 atom stereocenters. The summed E-state index contributed by atoms with van der Waals surface area (Å²) in [5, 5.41) is 16.6. The molecular formula is C18H25N3O2. The number of hydrogen-bond acceptors (Lipinski definition) is 3. The first-order valence-electron chi connectivity index (χ1n) is 7.86. The third-order valence-corrected chi connectivity index (χ3v) is 3.89. The molecule has 0 aliphatic heterocycles. The number of aryl methyl sites for hydroxylation is 1. The summed E-state index contributed by atoms with van der Waals surface area (Å²) < 4.78 is 1.76. The Hall–Kier alpha value is -2.14. The zero-order valence-corrected chi connectivity index (χ0v) is 14.2. The van der Waals surface area contributed by atoms with E-state index >= 15 is 0 Å². The van der Waals surface area contributed by atoms with Gasteiger partial charge in [-0.05, 0) is 37.0 Å². The van der Waals surface area contributed by atoms with Crippen molar-refractivity contribution in [3.05, 3.63) is 47.8 Å². The summed E-state index contributed by atoms with van der Waals surface area (Å²) in [6.07, 6.45) is 0.521. The van der Waals surface area contributed by atoms with E-state index in [1.54, 1.807) is 10.7 Å². The van der Waals surface area contributed by atoms with Crippen LogP contribution in [-0.2, 0) is 0 Å². The molecule has 0 bridgehead atoms. The van der Waals surface area contributed by atoms with E-state index in [9.17, 15) is 9.90 Å². The minimum Gasteiger partial charge on any atom is -0.396 e. The fraction of sp³-hybridized carbons (Fsp3) is 0.444. The van der Waals surface area contributed by atoms with Gasteiger partial charge in [0.05, 0.1) is 5.69 Å². The van der Waals surface area contributed by atoms with Crippen LogP contribution in [0.5, 0.6) is 0 Å². The van der Waals surface area contributed by atoms with Gasteiger partial charge >= 0.3 is 0 Å². The lowest BCUT2D eigenvalue weighted by Crippen LogP contribution is -2.44. The van der Waals surface area contributed by atoms with Crippen molar-refractivity contribution in [2.75, 3.05) is 6.61 Å². The highest BCUT2D eigenvalue weighted by molar-refractivity contribution is 5.92. The highest BCUT2D eigenvalue weighted by Gasteiger charge is 2.27. The molecule has 0 radical (unpaired) electrons. The van der Waals surface area contributed by atoms with Gasteiger partial charge in [-0.1, -0.05) is 39.0 Å². The Balaban J connectivity index is 2.21. The predicted molar refractivity (Wildman–Crippen MR) is 90.7 cm³/mol. The molecular weight excluding hydrogens is 290 g/mol. The van der Waals surface area contributed by atoms with Gasteiger partial charge in [0.25, 0.3) is 5.91 Å². The van der Waals surface area contributed by atoms with E-state index in [0.29, 0.717) is 12.1 Å². The number of nitrogens with zero attached hydrogens (tertiary/aromatic N) is 2. The molecule has 124 valence electrons. The number of para-hydroxylation sites is 1. The Morgan fingerprint density at radius 1 is 1.30 bits per heavy atom. The lowest BCUT2D eigenvalue weighted by Gasteiger charge is -2.30. The second kappa shape index (κ2) is 6.96. The molecule has 1 heterocycles. The van der Waals surface area contributed by atoms with E-state index in [0.717, 1.165) is 11.4 Å². The molecule has 5 nitrogen and oxygen atoms in total. The minimum absolute atomic E-state index is 0.0414. The summed E-state index contributed by atoms with van der Waals surface area (Å²) in [7, 11) is 0. The molecule has 2 N–H and O–H groups in total. The number of carbonyl (C=O) groups excluding carboxylic acids is 1. The first-order valence-corrected chi connectivity index (χ1v) is 7.86. The molecule has 0 aliphatic rings. The van der Waals surface area contributed by atoms with Crippen LogP contribution in [0.4, 0.5) is 0 Å². The number of aliphatic hydroxyl groups excluding tert-OH is 1. The van der Waals surface area contributed by atoms with Gasteiger partial charge in [-0.2, -0.15) is 5.10 Å². The zero-order chi connectivity index (χ0) is 17.0.